The number of carbonyl (C=O) groups excluding carboxylic acids is 1. The molecule has 0 unspecified atom stereocenters. The van der Waals surface area contributed by atoms with E-state index in [9.17, 15) is 9.90 Å². The highest BCUT2D eigenvalue weighted by Crippen LogP contribution is 2.36. The summed E-state index contributed by atoms with van der Waals surface area (Å²) in [6, 6.07) is 17.0. The third-order valence-corrected chi connectivity index (χ3v) is 5.27. The van der Waals surface area contributed by atoms with Crippen molar-refractivity contribution in [3.8, 4) is 11.5 Å². The molecule has 0 aromatic heterocycles. The van der Waals surface area contributed by atoms with Crippen LogP contribution in [0.3, 0.4) is 0 Å². The Bertz CT molecular complexity index is 764. The second-order valence-corrected chi connectivity index (χ2v) is 7.40. The van der Waals surface area contributed by atoms with Crippen molar-refractivity contribution in [2.24, 2.45) is 5.41 Å². The van der Waals surface area contributed by atoms with Gasteiger partial charge < -0.3 is 14.6 Å². The van der Waals surface area contributed by atoms with Gasteiger partial charge in [0.25, 0.3) is 0 Å². The Labute approximate surface area is 166 Å². The van der Waals surface area contributed by atoms with Crippen molar-refractivity contribution in [1.29, 1.82) is 0 Å². The number of likely N-dealkylation sites (tertiary alicyclic amines) is 1. The molecule has 0 radical (unpaired) electrons. The predicted octanol–water partition coefficient (Wildman–Crippen LogP) is 4.01. The summed E-state index contributed by atoms with van der Waals surface area (Å²) in [5, 5.41) is 9.72. The lowest BCUT2D eigenvalue weighted by Gasteiger charge is -2.41. The first-order chi connectivity index (χ1) is 13.6. The third kappa shape index (κ3) is 5.26. The molecule has 5 nitrogen and oxygen atoms in total. The number of piperidine rings is 1. The van der Waals surface area contributed by atoms with Crippen molar-refractivity contribution >= 4 is 5.97 Å². The fourth-order valence-corrected chi connectivity index (χ4v) is 3.91. The second-order valence-electron chi connectivity index (χ2n) is 7.40. The van der Waals surface area contributed by atoms with Crippen LogP contribution < -0.4 is 4.74 Å². The zero-order valence-corrected chi connectivity index (χ0v) is 16.5. The molecule has 1 aliphatic rings. The van der Waals surface area contributed by atoms with Crippen LogP contribution in [0.15, 0.2) is 54.6 Å². The summed E-state index contributed by atoms with van der Waals surface area (Å²) in [7, 11) is 0. The predicted molar refractivity (Wildman–Crippen MR) is 108 cm³/mol. The highest BCUT2D eigenvalue weighted by molar-refractivity contribution is 5.77. The second kappa shape index (κ2) is 9.60. The maximum atomic E-state index is 12.9. The van der Waals surface area contributed by atoms with Gasteiger partial charge in [0.15, 0.2) is 0 Å². The molecule has 0 amide bonds. The SMILES string of the molecule is CCOC(=O)[C@@]1(CCOc2ccccc2)CCCN(Cc2cccc(O)c2)C1. The largest absolute Gasteiger partial charge is 0.508 e. The highest BCUT2D eigenvalue weighted by atomic mass is 16.5. The first-order valence-electron chi connectivity index (χ1n) is 9.97. The third-order valence-electron chi connectivity index (χ3n) is 5.27. The summed E-state index contributed by atoms with van der Waals surface area (Å²) in [6.07, 6.45) is 2.36. The molecule has 1 saturated heterocycles. The van der Waals surface area contributed by atoms with Crippen molar-refractivity contribution < 1.29 is 19.4 Å². The first kappa shape index (κ1) is 20.2. The van der Waals surface area contributed by atoms with Crippen LogP contribution in [0.4, 0.5) is 0 Å². The van der Waals surface area contributed by atoms with Crippen molar-refractivity contribution in [3.63, 3.8) is 0 Å². The van der Waals surface area contributed by atoms with Crippen LogP contribution >= 0.6 is 0 Å². The number of ether oxygens (including phenoxy) is 2. The number of aromatic hydroxyl groups is 1. The van der Waals surface area contributed by atoms with Gasteiger partial charge in [-0.15, -0.1) is 0 Å². The number of nitrogens with zero attached hydrogens (tertiary/aromatic N) is 1. The van der Waals surface area contributed by atoms with Gasteiger partial charge >= 0.3 is 5.97 Å². The molecule has 150 valence electrons. The van der Waals surface area contributed by atoms with Crippen molar-refractivity contribution in [2.75, 3.05) is 26.3 Å². The minimum absolute atomic E-state index is 0.132. The summed E-state index contributed by atoms with van der Waals surface area (Å²) in [5.74, 6) is 0.948. The van der Waals surface area contributed by atoms with E-state index in [2.05, 4.69) is 4.90 Å². The number of phenols is 1. The number of carbonyl (C=O) groups is 1. The fraction of sp³-hybridized carbons (Fsp3) is 0.435. The van der Waals surface area contributed by atoms with E-state index < -0.39 is 5.41 Å². The van der Waals surface area contributed by atoms with Crippen LogP contribution in [0.1, 0.15) is 31.7 Å². The lowest BCUT2D eigenvalue weighted by Crippen LogP contribution is -2.49. The van der Waals surface area contributed by atoms with Gasteiger partial charge in [0.2, 0.25) is 0 Å². The number of benzene rings is 2. The normalized spacial score (nSPS) is 19.9. The highest BCUT2D eigenvalue weighted by Gasteiger charge is 2.43. The van der Waals surface area contributed by atoms with Gasteiger partial charge in [-0.3, -0.25) is 9.69 Å². The maximum Gasteiger partial charge on any atom is 0.313 e. The van der Waals surface area contributed by atoms with E-state index in [0.29, 0.717) is 32.7 Å². The molecule has 28 heavy (non-hydrogen) atoms. The van der Waals surface area contributed by atoms with Crippen LogP contribution in [0.2, 0.25) is 0 Å². The van der Waals surface area contributed by atoms with E-state index in [1.165, 1.54) is 0 Å². The molecule has 1 atom stereocenters. The topological polar surface area (TPSA) is 59.0 Å². The molecule has 1 N–H and O–H groups in total. The molecule has 0 aliphatic carbocycles. The van der Waals surface area contributed by atoms with Gasteiger partial charge in [-0.25, -0.2) is 0 Å². The van der Waals surface area contributed by atoms with Gasteiger partial charge in [-0.2, -0.15) is 0 Å². The van der Waals surface area contributed by atoms with Gasteiger partial charge in [-0.1, -0.05) is 30.3 Å². The Hall–Kier alpha value is -2.53. The van der Waals surface area contributed by atoms with Gasteiger partial charge in [0.05, 0.1) is 18.6 Å². The van der Waals surface area contributed by atoms with Crippen molar-refractivity contribution in [1.82, 2.24) is 4.90 Å². The quantitative estimate of drug-likeness (QED) is 0.698. The van der Waals surface area contributed by atoms with Crippen molar-refractivity contribution in [2.45, 2.75) is 32.7 Å². The molecule has 2 aromatic carbocycles. The Morgan fingerprint density at radius 2 is 2.00 bits per heavy atom. The zero-order chi connectivity index (χ0) is 19.8. The first-order valence-corrected chi connectivity index (χ1v) is 9.97. The molecule has 1 heterocycles. The lowest BCUT2D eigenvalue weighted by atomic mass is 9.77. The van der Waals surface area contributed by atoms with Crippen LogP contribution in [0, 0.1) is 5.41 Å². The van der Waals surface area contributed by atoms with Gasteiger partial charge in [0, 0.05) is 13.1 Å². The maximum absolute atomic E-state index is 12.9. The van der Waals surface area contributed by atoms with Crippen LogP contribution in [0.25, 0.3) is 0 Å². The Morgan fingerprint density at radius 3 is 2.75 bits per heavy atom. The molecular weight excluding hydrogens is 354 g/mol. The molecule has 3 rings (SSSR count). The minimum Gasteiger partial charge on any atom is -0.508 e. The van der Waals surface area contributed by atoms with E-state index in [-0.39, 0.29) is 11.7 Å². The Kier molecular flexibility index (Phi) is 6.93. The number of hydrogen-bond acceptors (Lipinski definition) is 5. The smallest absolute Gasteiger partial charge is 0.313 e. The molecule has 1 fully saturated rings. The average molecular weight is 383 g/mol. The molecule has 0 saturated carbocycles. The molecular formula is C23H29NO4. The number of hydrogen-bond donors (Lipinski definition) is 1. The molecule has 5 heteroatoms. The van der Waals surface area contributed by atoms with Crippen LogP contribution in [0.5, 0.6) is 11.5 Å². The monoisotopic (exact) mass is 383 g/mol. The number of esters is 1. The van der Waals surface area contributed by atoms with Gasteiger partial charge in [-0.05, 0) is 62.6 Å². The van der Waals surface area contributed by atoms with E-state index in [4.69, 9.17) is 9.47 Å². The Balaban J connectivity index is 1.68. The average Bonchev–Trinajstić information content (AvgIpc) is 2.69. The molecule has 0 spiro atoms. The summed E-state index contributed by atoms with van der Waals surface area (Å²) in [6.45, 7) is 4.97. The molecule has 0 bridgehead atoms. The Morgan fingerprint density at radius 1 is 1.18 bits per heavy atom. The van der Waals surface area contributed by atoms with Crippen LogP contribution in [-0.2, 0) is 16.1 Å². The zero-order valence-electron chi connectivity index (χ0n) is 16.5. The number of phenolic OH excluding ortho intramolecular Hbond substituents is 1. The summed E-state index contributed by atoms with van der Waals surface area (Å²) < 4.78 is 11.3. The van der Waals surface area contributed by atoms with E-state index >= 15 is 0 Å². The van der Waals surface area contributed by atoms with Crippen LogP contribution in [-0.4, -0.2) is 42.3 Å². The number of para-hydroxylation sites is 1. The minimum atomic E-state index is -0.556. The van der Waals surface area contributed by atoms with Gasteiger partial charge in [0.1, 0.15) is 11.5 Å². The summed E-state index contributed by atoms with van der Waals surface area (Å²) in [4.78, 5) is 15.1. The number of rotatable bonds is 8. The standard InChI is InChI=1S/C23H29NO4/c1-2-27-22(26)23(13-15-28-21-10-4-3-5-11-21)12-7-14-24(18-23)17-19-8-6-9-20(25)16-19/h3-6,8-11,16,25H,2,7,12-15,17-18H2,1H3/t23-/m1/s1. The molecule has 2 aromatic rings. The van der Waals surface area contributed by atoms with Crippen molar-refractivity contribution in [3.05, 3.63) is 60.2 Å². The summed E-state index contributed by atoms with van der Waals surface area (Å²) >= 11 is 0. The van der Waals surface area contributed by atoms with E-state index in [1.54, 1.807) is 12.1 Å². The molecule has 1 aliphatic heterocycles. The summed E-state index contributed by atoms with van der Waals surface area (Å²) in [5.41, 5.74) is 0.486. The van der Waals surface area contributed by atoms with E-state index in [1.807, 2.05) is 49.4 Å². The fourth-order valence-electron chi connectivity index (χ4n) is 3.91. The van der Waals surface area contributed by atoms with E-state index in [0.717, 1.165) is 30.7 Å². The lowest BCUT2D eigenvalue weighted by molar-refractivity contribution is -0.160.